The zero-order chi connectivity index (χ0) is 13.0. The molecule has 1 saturated heterocycles. The van der Waals surface area contributed by atoms with Crippen LogP contribution < -0.4 is 0 Å². The van der Waals surface area contributed by atoms with Crippen LogP contribution in [-0.2, 0) is 11.3 Å². The van der Waals surface area contributed by atoms with Crippen LogP contribution >= 0.6 is 23.2 Å². The van der Waals surface area contributed by atoms with Gasteiger partial charge in [-0.2, -0.15) is 0 Å². The molecule has 100 valence electrons. The number of halogens is 2. The molecule has 5 heteroatoms. The molecule has 0 amide bonds. The Bertz CT molecular complexity index is 395. The van der Waals surface area contributed by atoms with Gasteiger partial charge in [0.25, 0.3) is 0 Å². The van der Waals surface area contributed by atoms with Gasteiger partial charge in [0.2, 0.25) is 0 Å². The number of rotatable bonds is 4. The van der Waals surface area contributed by atoms with Crippen LogP contribution in [0.15, 0.2) is 12.1 Å². The van der Waals surface area contributed by atoms with E-state index in [0.29, 0.717) is 16.2 Å². The molecule has 0 aliphatic carbocycles. The highest BCUT2D eigenvalue weighted by molar-refractivity contribution is 6.32. The lowest BCUT2D eigenvalue weighted by atomic mass is 10.0. The van der Waals surface area contributed by atoms with Crippen LogP contribution in [0.5, 0.6) is 0 Å². The number of pyridine rings is 1. The Morgan fingerprint density at radius 1 is 1.44 bits per heavy atom. The Balaban J connectivity index is 1.87. The van der Waals surface area contributed by atoms with Crippen molar-refractivity contribution in [3.8, 4) is 0 Å². The van der Waals surface area contributed by atoms with Crippen LogP contribution in [0.4, 0.5) is 0 Å². The van der Waals surface area contributed by atoms with Gasteiger partial charge in [-0.15, -0.1) is 0 Å². The Morgan fingerprint density at radius 2 is 2.28 bits per heavy atom. The summed E-state index contributed by atoms with van der Waals surface area (Å²) in [6.45, 7) is 3.60. The molecule has 1 fully saturated rings. The molecule has 18 heavy (non-hydrogen) atoms. The van der Waals surface area contributed by atoms with Gasteiger partial charge in [-0.25, -0.2) is 4.98 Å². The van der Waals surface area contributed by atoms with Crippen LogP contribution in [0.2, 0.25) is 10.3 Å². The van der Waals surface area contributed by atoms with E-state index in [0.717, 1.165) is 31.9 Å². The Morgan fingerprint density at radius 3 is 2.94 bits per heavy atom. The second-order valence-electron chi connectivity index (χ2n) is 4.86. The molecular weight excluding hydrogens is 271 g/mol. The van der Waals surface area contributed by atoms with Gasteiger partial charge >= 0.3 is 0 Å². The maximum atomic E-state index is 6.07. The average Bonchev–Trinajstić information content (AvgIpc) is 2.34. The lowest BCUT2D eigenvalue weighted by Crippen LogP contribution is -2.30. The highest BCUT2D eigenvalue weighted by atomic mass is 35.5. The van der Waals surface area contributed by atoms with Gasteiger partial charge in [-0.1, -0.05) is 29.3 Å². The molecule has 0 saturated carbocycles. The molecule has 2 heterocycles. The fourth-order valence-electron chi connectivity index (χ4n) is 2.31. The fraction of sp³-hybridized carbons (Fsp3) is 0.615. The molecule has 1 aliphatic rings. The van der Waals surface area contributed by atoms with Gasteiger partial charge in [0.1, 0.15) is 10.3 Å². The SMILES string of the molecule is CN(Cc1ccc(Cl)nc1Cl)CC1CCCOC1. The first-order valence-electron chi connectivity index (χ1n) is 6.22. The van der Waals surface area contributed by atoms with E-state index in [-0.39, 0.29) is 0 Å². The summed E-state index contributed by atoms with van der Waals surface area (Å²) in [6.07, 6.45) is 2.42. The van der Waals surface area contributed by atoms with Crippen LogP contribution in [-0.4, -0.2) is 36.7 Å². The fourth-order valence-corrected chi connectivity index (χ4v) is 2.71. The smallest absolute Gasteiger partial charge is 0.135 e. The molecule has 0 bridgehead atoms. The van der Waals surface area contributed by atoms with Crippen LogP contribution in [0, 0.1) is 5.92 Å². The van der Waals surface area contributed by atoms with Crippen molar-refractivity contribution < 1.29 is 4.74 Å². The van der Waals surface area contributed by atoms with Gasteiger partial charge in [-0.05, 0) is 31.9 Å². The van der Waals surface area contributed by atoms with Crippen LogP contribution in [0.25, 0.3) is 0 Å². The number of hydrogen-bond donors (Lipinski definition) is 0. The molecular formula is C13H18Cl2N2O. The summed E-state index contributed by atoms with van der Waals surface area (Å²) < 4.78 is 5.49. The monoisotopic (exact) mass is 288 g/mol. The van der Waals surface area contributed by atoms with E-state index in [9.17, 15) is 0 Å². The average molecular weight is 289 g/mol. The summed E-state index contributed by atoms with van der Waals surface area (Å²) in [5.74, 6) is 0.628. The second-order valence-corrected chi connectivity index (χ2v) is 5.61. The third-order valence-corrected chi connectivity index (χ3v) is 3.69. The van der Waals surface area contributed by atoms with Crippen molar-refractivity contribution in [2.75, 3.05) is 26.8 Å². The van der Waals surface area contributed by atoms with Crippen molar-refractivity contribution in [3.05, 3.63) is 28.0 Å². The summed E-state index contributed by atoms with van der Waals surface area (Å²) in [7, 11) is 2.10. The Labute approximate surface area is 118 Å². The zero-order valence-corrected chi connectivity index (χ0v) is 12.0. The molecule has 0 radical (unpaired) electrons. The minimum absolute atomic E-state index is 0.437. The van der Waals surface area contributed by atoms with Crippen molar-refractivity contribution in [1.82, 2.24) is 9.88 Å². The highest BCUT2D eigenvalue weighted by Gasteiger charge is 2.16. The molecule has 1 atom stereocenters. The lowest BCUT2D eigenvalue weighted by molar-refractivity contribution is 0.0411. The van der Waals surface area contributed by atoms with E-state index < -0.39 is 0 Å². The van der Waals surface area contributed by atoms with Crippen LogP contribution in [0.3, 0.4) is 0 Å². The first-order chi connectivity index (χ1) is 8.65. The maximum Gasteiger partial charge on any atom is 0.135 e. The number of nitrogens with zero attached hydrogens (tertiary/aromatic N) is 2. The molecule has 0 aromatic carbocycles. The third-order valence-electron chi connectivity index (χ3n) is 3.16. The van der Waals surface area contributed by atoms with Gasteiger partial charge in [0, 0.05) is 25.3 Å². The molecule has 1 aromatic rings. The highest BCUT2D eigenvalue weighted by Crippen LogP contribution is 2.20. The van der Waals surface area contributed by atoms with E-state index in [1.165, 1.54) is 12.8 Å². The maximum absolute atomic E-state index is 6.07. The molecule has 3 nitrogen and oxygen atoms in total. The first kappa shape index (κ1) is 14.1. The quantitative estimate of drug-likeness (QED) is 0.796. The topological polar surface area (TPSA) is 25.4 Å². The summed E-state index contributed by atoms with van der Waals surface area (Å²) in [6, 6.07) is 3.71. The minimum atomic E-state index is 0.437. The first-order valence-corrected chi connectivity index (χ1v) is 6.98. The third kappa shape index (κ3) is 4.09. The number of hydrogen-bond acceptors (Lipinski definition) is 3. The molecule has 0 spiro atoms. The summed E-state index contributed by atoms with van der Waals surface area (Å²) in [5.41, 5.74) is 1.01. The van der Waals surface area contributed by atoms with Gasteiger partial charge in [-0.3, -0.25) is 0 Å². The molecule has 2 rings (SSSR count). The van der Waals surface area contributed by atoms with E-state index >= 15 is 0 Å². The second kappa shape index (κ2) is 6.71. The summed E-state index contributed by atoms with van der Waals surface area (Å²) in [5, 5.41) is 0.932. The molecule has 1 aromatic heterocycles. The van der Waals surface area contributed by atoms with Gasteiger partial charge in [0.05, 0.1) is 6.61 Å². The van der Waals surface area contributed by atoms with Crippen molar-refractivity contribution >= 4 is 23.2 Å². The number of aromatic nitrogens is 1. The largest absolute Gasteiger partial charge is 0.381 e. The van der Waals surface area contributed by atoms with Crippen LogP contribution in [0.1, 0.15) is 18.4 Å². The Kier molecular flexibility index (Phi) is 5.25. The minimum Gasteiger partial charge on any atom is -0.381 e. The normalized spacial score (nSPS) is 20.3. The standard InChI is InChI=1S/C13H18Cl2N2O/c1-17(7-10-3-2-6-18-9-10)8-11-4-5-12(14)16-13(11)15/h4-5,10H,2-3,6-9H2,1H3. The van der Waals surface area contributed by atoms with Crippen molar-refractivity contribution in [2.45, 2.75) is 19.4 Å². The predicted octanol–water partition coefficient (Wildman–Crippen LogP) is 3.25. The van der Waals surface area contributed by atoms with Gasteiger partial charge < -0.3 is 9.64 Å². The van der Waals surface area contributed by atoms with E-state index in [1.54, 1.807) is 6.07 Å². The van der Waals surface area contributed by atoms with Gasteiger partial charge in [0.15, 0.2) is 0 Å². The van der Waals surface area contributed by atoms with E-state index in [1.807, 2.05) is 6.07 Å². The number of ether oxygens (including phenoxy) is 1. The lowest BCUT2D eigenvalue weighted by Gasteiger charge is -2.27. The van der Waals surface area contributed by atoms with Crippen molar-refractivity contribution in [1.29, 1.82) is 0 Å². The summed E-state index contributed by atoms with van der Waals surface area (Å²) in [4.78, 5) is 6.31. The zero-order valence-electron chi connectivity index (χ0n) is 10.5. The summed E-state index contributed by atoms with van der Waals surface area (Å²) >= 11 is 11.9. The molecule has 0 N–H and O–H groups in total. The Hall–Kier alpha value is -0.350. The van der Waals surface area contributed by atoms with E-state index in [2.05, 4.69) is 16.9 Å². The molecule has 1 unspecified atom stereocenters. The van der Waals surface area contributed by atoms with Crippen molar-refractivity contribution in [2.24, 2.45) is 5.92 Å². The predicted molar refractivity (Wildman–Crippen MR) is 74.1 cm³/mol. The molecule has 1 aliphatic heterocycles. The van der Waals surface area contributed by atoms with Crippen molar-refractivity contribution in [3.63, 3.8) is 0 Å². The van der Waals surface area contributed by atoms with E-state index in [4.69, 9.17) is 27.9 Å².